The maximum atomic E-state index is 14.0. The van der Waals surface area contributed by atoms with Gasteiger partial charge in [-0.1, -0.05) is 23.7 Å². The van der Waals surface area contributed by atoms with E-state index in [2.05, 4.69) is 15.1 Å². The SMILES string of the molecule is Cc1nc2ncnn2c2c1CCN2C(c1cccc(Cl)c1)C(F)(F)F. The topological polar surface area (TPSA) is 46.3 Å². The highest BCUT2D eigenvalue weighted by Gasteiger charge is 2.47. The Balaban J connectivity index is 1.92. The summed E-state index contributed by atoms with van der Waals surface area (Å²) in [5.41, 5.74) is 1.52. The van der Waals surface area contributed by atoms with Crippen molar-refractivity contribution in [1.82, 2.24) is 19.6 Å². The number of halogens is 4. The first-order chi connectivity index (χ1) is 11.9. The first-order valence-electron chi connectivity index (χ1n) is 7.64. The summed E-state index contributed by atoms with van der Waals surface area (Å²) in [5.74, 6) is 0.678. The van der Waals surface area contributed by atoms with Crippen LogP contribution in [0.5, 0.6) is 0 Å². The molecule has 25 heavy (non-hydrogen) atoms. The minimum atomic E-state index is -4.48. The van der Waals surface area contributed by atoms with Crippen molar-refractivity contribution in [2.45, 2.75) is 25.6 Å². The number of aromatic nitrogens is 4. The van der Waals surface area contributed by atoms with Gasteiger partial charge < -0.3 is 4.90 Å². The highest BCUT2D eigenvalue weighted by molar-refractivity contribution is 6.30. The molecule has 9 heteroatoms. The molecular weight excluding hydrogens is 355 g/mol. The molecule has 0 radical (unpaired) electrons. The number of hydrogen-bond acceptors (Lipinski definition) is 4. The Kier molecular flexibility index (Phi) is 3.61. The first-order valence-corrected chi connectivity index (χ1v) is 8.02. The van der Waals surface area contributed by atoms with Crippen LogP contribution in [0.15, 0.2) is 30.6 Å². The third kappa shape index (κ3) is 2.60. The zero-order chi connectivity index (χ0) is 17.8. The Labute approximate surface area is 146 Å². The molecule has 1 aromatic carbocycles. The van der Waals surface area contributed by atoms with Crippen molar-refractivity contribution in [3.05, 3.63) is 52.4 Å². The number of benzene rings is 1. The molecule has 5 nitrogen and oxygen atoms in total. The van der Waals surface area contributed by atoms with E-state index in [0.717, 1.165) is 5.56 Å². The fraction of sp³-hybridized carbons (Fsp3) is 0.312. The van der Waals surface area contributed by atoms with Crippen LogP contribution in [0.25, 0.3) is 5.78 Å². The fourth-order valence-corrected chi connectivity index (χ4v) is 3.57. The number of fused-ring (bicyclic) bond motifs is 3. The van der Waals surface area contributed by atoms with Gasteiger partial charge in [0, 0.05) is 22.8 Å². The number of rotatable bonds is 2. The van der Waals surface area contributed by atoms with Crippen molar-refractivity contribution in [1.29, 1.82) is 0 Å². The van der Waals surface area contributed by atoms with E-state index in [1.807, 2.05) is 0 Å². The van der Waals surface area contributed by atoms with Gasteiger partial charge in [-0.3, -0.25) is 0 Å². The largest absolute Gasteiger partial charge is 0.413 e. The fourth-order valence-electron chi connectivity index (χ4n) is 3.37. The summed E-state index contributed by atoms with van der Waals surface area (Å²) in [6.07, 6.45) is -2.71. The van der Waals surface area contributed by atoms with Gasteiger partial charge in [0.2, 0.25) is 0 Å². The van der Waals surface area contributed by atoms with Gasteiger partial charge in [-0.15, -0.1) is 0 Å². The van der Waals surface area contributed by atoms with Crippen LogP contribution in [0.4, 0.5) is 19.0 Å². The van der Waals surface area contributed by atoms with Gasteiger partial charge in [0.15, 0.2) is 6.04 Å². The molecule has 1 atom stereocenters. The van der Waals surface area contributed by atoms with Gasteiger partial charge >= 0.3 is 6.18 Å². The summed E-state index contributed by atoms with van der Waals surface area (Å²) in [5, 5.41) is 4.33. The average Bonchev–Trinajstić information content (AvgIpc) is 3.13. The minimum Gasteiger partial charge on any atom is -0.340 e. The third-order valence-electron chi connectivity index (χ3n) is 4.37. The Morgan fingerprint density at radius 3 is 2.80 bits per heavy atom. The molecule has 0 bridgehead atoms. The molecule has 0 fully saturated rings. The van der Waals surface area contributed by atoms with Crippen LogP contribution >= 0.6 is 11.6 Å². The van der Waals surface area contributed by atoms with Gasteiger partial charge in [0.25, 0.3) is 5.78 Å². The van der Waals surface area contributed by atoms with E-state index in [1.165, 1.54) is 33.9 Å². The standard InChI is InChI=1S/C16H13ClF3N5/c1-9-12-5-6-24(14(12)25-15(23-9)21-8-22-25)13(16(18,19)20)10-3-2-4-11(17)7-10/h2-4,7-8,13H,5-6H2,1H3. The van der Waals surface area contributed by atoms with E-state index in [4.69, 9.17) is 11.6 Å². The van der Waals surface area contributed by atoms with Gasteiger partial charge in [-0.2, -0.15) is 27.8 Å². The van der Waals surface area contributed by atoms with Crippen molar-refractivity contribution in [3.8, 4) is 0 Å². The maximum absolute atomic E-state index is 14.0. The normalized spacial score (nSPS) is 15.6. The van der Waals surface area contributed by atoms with Crippen molar-refractivity contribution < 1.29 is 13.2 Å². The van der Waals surface area contributed by atoms with Crippen molar-refractivity contribution >= 4 is 23.2 Å². The van der Waals surface area contributed by atoms with Crippen LogP contribution in [0, 0.1) is 6.92 Å². The second-order valence-corrected chi connectivity index (χ2v) is 6.35. The smallest absolute Gasteiger partial charge is 0.340 e. The molecule has 3 heterocycles. The second kappa shape index (κ2) is 5.59. The lowest BCUT2D eigenvalue weighted by Crippen LogP contribution is -2.38. The van der Waals surface area contributed by atoms with Crippen LogP contribution in [0.2, 0.25) is 5.02 Å². The van der Waals surface area contributed by atoms with Crippen LogP contribution < -0.4 is 4.90 Å². The third-order valence-corrected chi connectivity index (χ3v) is 4.60. The molecule has 2 aromatic heterocycles. The van der Waals surface area contributed by atoms with Crippen LogP contribution in [0.1, 0.15) is 22.9 Å². The van der Waals surface area contributed by atoms with Gasteiger partial charge in [0.1, 0.15) is 12.1 Å². The van der Waals surface area contributed by atoms with Crippen LogP contribution in [-0.4, -0.2) is 32.3 Å². The van der Waals surface area contributed by atoms with Gasteiger partial charge in [0.05, 0.1) is 0 Å². The molecule has 0 amide bonds. The zero-order valence-corrected chi connectivity index (χ0v) is 13.9. The summed E-state index contributed by atoms with van der Waals surface area (Å²) >= 11 is 5.93. The lowest BCUT2D eigenvalue weighted by atomic mass is 10.1. The molecule has 3 aromatic rings. The van der Waals surface area contributed by atoms with E-state index >= 15 is 0 Å². The molecule has 1 aliphatic heterocycles. The quantitative estimate of drug-likeness (QED) is 0.692. The lowest BCUT2D eigenvalue weighted by Gasteiger charge is -2.32. The number of hydrogen-bond donors (Lipinski definition) is 0. The molecule has 4 rings (SSSR count). The van der Waals surface area contributed by atoms with E-state index in [9.17, 15) is 13.2 Å². The molecule has 0 aliphatic carbocycles. The summed E-state index contributed by atoms with van der Waals surface area (Å²) in [6.45, 7) is 1.99. The molecule has 1 aliphatic rings. The van der Waals surface area contributed by atoms with E-state index in [-0.39, 0.29) is 22.9 Å². The van der Waals surface area contributed by atoms with E-state index in [1.54, 1.807) is 13.0 Å². The maximum Gasteiger partial charge on any atom is 0.413 e. The second-order valence-electron chi connectivity index (χ2n) is 5.91. The van der Waals surface area contributed by atoms with E-state index < -0.39 is 12.2 Å². The monoisotopic (exact) mass is 367 g/mol. The van der Waals surface area contributed by atoms with Crippen LogP contribution in [-0.2, 0) is 6.42 Å². The number of aryl methyl sites for hydroxylation is 1. The predicted molar refractivity (Wildman–Crippen MR) is 86.8 cm³/mol. The molecule has 1 unspecified atom stereocenters. The molecule has 130 valence electrons. The Hall–Kier alpha value is -2.35. The number of alkyl halides is 3. The molecule has 0 spiro atoms. The molecule has 0 N–H and O–H groups in total. The minimum absolute atomic E-state index is 0.0931. The van der Waals surface area contributed by atoms with Crippen molar-refractivity contribution in [3.63, 3.8) is 0 Å². The summed E-state index contributed by atoms with van der Waals surface area (Å²) in [6, 6.07) is 4.05. The van der Waals surface area contributed by atoms with E-state index in [0.29, 0.717) is 17.9 Å². The molecule has 0 saturated heterocycles. The predicted octanol–water partition coefficient (Wildman–Crippen LogP) is 3.75. The van der Waals surface area contributed by atoms with Crippen molar-refractivity contribution in [2.75, 3.05) is 11.4 Å². The van der Waals surface area contributed by atoms with Gasteiger partial charge in [-0.05, 0) is 31.0 Å². The average molecular weight is 368 g/mol. The Bertz CT molecular complexity index is 953. The first kappa shape index (κ1) is 16.1. The zero-order valence-electron chi connectivity index (χ0n) is 13.1. The number of nitrogens with zero attached hydrogens (tertiary/aromatic N) is 5. The Morgan fingerprint density at radius 2 is 2.08 bits per heavy atom. The highest BCUT2D eigenvalue weighted by Crippen LogP contribution is 2.44. The Morgan fingerprint density at radius 1 is 1.28 bits per heavy atom. The molecular formula is C16H13ClF3N5. The summed E-state index contributed by atoms with van der Waals surface area (Å²) in [7, 11) is 0. The van der Waals surface area contributed by atoms with Crippen LogP contribution in [0.3, 0.4) is 0 Å². The van der Waals surface area contributed by atoms with Gasteiger partial charge in [-0.25, -0.2) is 4.98 Å². The number of anilines is 1. The van der Waals surface area contributed by atoms with Crippen molar-refractivity contribution in [2.24, 2.45) is 0 Å². The highest BCUT2D eigenvalue weighted by atomic mass is 35.5. The summed E-state index contributed by atoms with van der Waals surface area (Å²) < 4.78 is 43.3. The lowest BCUT2D eigenvalue weighted by molar-refractivity contribution is -0.150. The summed E-state index contributed by atoms with van der Waals surface area (Å²) in [4.78, 5) is 9.64. The molecule has 0 saturated carbocycles.